The number of hydrogen-bond acceptors (Lipinski definition) is 3. The van der Waals surface area contributed by atoms with Gasteiger partial charge in [0.05, 0.1) is 0 Å². The lowest BCUT2D eigenvalue weighted by Crippen LogP contribution is -2.08. The van der Waals surface area contributed by atoms with Crippen molar-refractivity contribution in [1.29, 1.82) is 0 Å². The van der Waals surface area contributed by atoms with Crippen molar-refractivity contribution in [1.82, 2.24) is 0 Å². The molecule has 0 fully saturated rings. The molecule has 4 N–H and O–H groups in total. The van der Waals surface area contributed by atoms with Gasteiger partial charge in [0.1, 0.15) is 5.84 Å². The molecule has 1 atom stereocenters. The van der Waals surface area contributed by atoms with E-state index in [1.165, 1.54) is 28.6 Å². The Morgan fingerprint density at radius 3 is 2.75 bits per heavy atom. The van der Waals surface area contributed by atoms with E-state index >= 15 is 0 Å². The van der Waals surface area contributed by atoms with Gasteiger partial charge in [-0.2, -0.15) is 0 Å². The quantitative estimate of drug-likeness (QED) is 0.480. The molecule has 4 heteroatoms. The predicted molar refractivity (Wildman–Crippen MR) is 72.4 cm³/mol. The Kier molecular flexibility index (Phi) is 4.83. The van der Waals surface area contributed by atoms with Crippen LogP contribution in [0.25, 0.3) is 0 Å². The van der Waals surface area contributed by atoms with Gasteiger partial charge in [0.25, 0.3) is 0 Å². The van der Waals surface area contributed by atoms with Crippen LogP contribution in [0.3, 0.4) is 0 Å². The number of hydrogen-bond donors (Lipinski definition) is 2. The van der Waals surface area contributed by atoms with Crippen molar-refractivity contribution in [2.45, 2.75) is 32.6 Å². The Morgan fingerprint density at radius 1 is 1.50 bits per heavy atom. The molecule has 0 radical (unpaired) electrons. The minimum atomic E-state index is 0.0738. The maximum Gasteiger partial charge on any atom is 0.104 e. The zero-order valence-corrected chi connectivity index (χ0v) is 10.8. The molecular weight excluding hydrogens is 218 g/mol. The van der Waals surface area contributed by atoms with E-state index in [1.54, 1.807) is 6.92 Å². The van der Waals surface area contributed by atoms with Crippen LogP contribution in [0, 0.1) is 6.92 Å². The van der Waals surface area contributed by atoms with Gasteiger partial charge < -0.3 is 11.5 Å². The van der Waals surface area contributed by atoms with Gasteiger partial charge in [-0.3, -0.25) is 0 Å². The highest BCUT2D eigenvalue weighted by molar-refractivity contribution is 7.97. The molecule has 1 rings (SSSR count). The van der Waals surface area contributed by atoms with E-state index < -0.39 is 0 Å². The van der Waals surface area contributed by atoms with Crippen LogP contribution in [0.15, 0.2) is 22.6 Å². The maximum atomic E-state index is 5.91. The molecule has 0 heterocycles. The Morgan fingerprint density at radius 2 is 2.19 bits per heavy atom. The number of benzene rings is 1. The molecule has 0 amide bonds. The van der Waals surface area contributed by atoms with Crippen LogP contribution in [-0.2, 0) is 5.75 Å². The third-order valence-corrected chi connectivity index (χ3v) is 3.26. The molecule has 0 spiro atoms. The second kappa shape index (κ2) is 5.92. The minimum Gasteiger partial charge on any atom is -0.387 e. The van der Waals surface area contributed by atoms with Crippen molar-refractivity contribution in [3.05, 3.63) is 34.9 Å². The average Bonchev–Trinajstić information content (AvgIpc) is 2.19. The minimum absolute atomic E-state index is 0.0738. The zero-order valence-electron chi connectivity index (χ0n) is 10.0. The first-order valence-corrected chi connectivity index (χ1v) is 6.22. The SMILES string of the molecule is C/C(N)=N/SCc1cccc(C(C)N)c1C. The van der Waals surface area contributed by atoms with E-state index in [0.717, 1.165) is 5.75 Å². The van der Waals surface area contributed by atoms with Gasteiger partial charge >= 0.3 is 0 Å². The van der Waals surface area contributed by atoms with Crippen molar-refractivity contribution < 1.29 is 0 Å². The monoisotopic (exact) mass is 237 g/mol. The molecule has 1 aromatic carbocycles. The second-order valence-corrected chi connectivity index (χ2v) is 4.66. The topological polar surface area (TPSA) is 64.4 Å². The first-order valence-electron chi connectivity index (χ1n) is 5.28. The third kappa shape index (κ3) is 3.54. The Hall–Kier alpha value is -1.00. The van der Waals surface area contributed by atoms with Crippen molar-refractivity contribution in [3.63, 3.8) is 0 Å². The molecule has 88 valence electrons. The molecule has 0 aliphatic rings. The van der Waals surface area contributed by atoms with Gasteiger partial charge in [-0.1, -0.05) is 18.2 Å². The Labute approximate surface area is 101 Å². The number of amidine groups is 1. The van der Waals surface area contributed by atoms with Crippen molar-refractivity contribution in [2.75, 3.05) is 0 Å². The molecule has 0 bridgehead atoms. The summed E-state index contributed by atoms with van der Waals surface area (Å²) in [5.41, 5.74) is 15.1. The van der Waals surface area contributed by atoms with Gasteiger partial charge in [0, 0.05) is 11.8 Å². The summed E-state index contributed by atoms with van der Waals surface area (Å²) < 4.78 is 4.12. The Balaban J connectivity index is 2.81. The lowest BCUT2D eigenvalue weighted by molar-refractivity contribution is 0.807. The molecule has 0 aliphatic heterocycles. The highest BCUT2D eigenvalue weighted by Crippen LogP contribution is 2.23. The molecule has 1 aromatic rings. The van der Waals surface area contributed by atoms with Crippen LogP contribution >= 0.6 is 11.9 Å². The van der Waals surface area contributed by atoms with Crippen LogP contribution in [-0.4, -0.2) is 5.84 Å². The van der Waals surface area contributed by atoms with E-state index in [0.29, 0.717) is 5.84 Å². The fraction of sp³-hybridized carbons (Fsp3) is 0.417. The fourth-order valence-electron chi connectivity index (χ4n) is 1.56. The van der Waals surface area contributed by atoms with E-state index in [-0.39, 0.29) is 6.04 Å². The van der Waals surface area contributed by atoms with E-state index in [4.69, 9.17) is 11.5 Å². The summed E-state index contributed by atoms with van der Waals surface area (Å²) >= 11 is 1.47. The first-order chi connectivity index (χ1) is 7.52. The molecule has 16 heavy (non-hydrogen) atoms. The predicted octanol–water partition coefficient (Wildman–Crippen LogP) is 2.54. The van der Waals surface area contributed by atoms with Gasteiger partial charge in [0.15, 0.2) is 0 Å². The van der Waals surface area contributed by atoms with Crippen LogP contribution in [0.4, 0.5) is 0 Å². The number of rotatable bonds is 4. The van der Waals surface area contributed by atoms with E-state index in [9.17, 15) is 0 Å². The summed E-state index contributed by atoms with van der Waals surface area (Å²) in [5.74, 6) is 1.44. The molecule has 0 aliphatic carbocycles. The van der Waals surface area contributed by atoms with Crippen LogP contribution in [0.2, 0.25) is 0 Å². The average molecular weight is 237 g/mol. The van der Waals surface area contributed by atoms with Gasteiger partial charge in [-0.25, -0.2) is 4.40 Å². The fourth-order valence-corrected chi connectivity index (χ4v) is 2.28. The normalized spacial score (nSPS) is 13.9. The van der Waals surface area contributed by atoms with Gasteiger partial charge in [0.2, 0.25) is 0 Å². The van der Waals surface area contributed by atoms with E-state index in [2.05, 4.69) is 23.5 Å². The number of nitrogens with zero attached hydrogens (tertiary/aromatic N) is 1. The summed E-state index contributed by atoms with van der Waals surface area (Å²) in [6.07, 6.45) is 0. The van der Waals surface area contributed by atoms with Crippen molar-refractivity contribution >= 4 is 17.8 Å². The largest absolute Gasteiger partial charge is 0.387 e. The summed E-state index contributed by atoms with van der Waals surface area (Å²) in [7, 11) is 0. The van der Waals surface area contributed by atoms with Crippen LogP contribution in [0.1, 0.15) is 36.6 Å². The molecule has 1 unspecified atom stereocenters. The van der Waals surface area contributed by atoms with E-state index in [1.807, 2.05) is 13.0 Å². The molecule has 0 aromatic heterocycles. The highest BCUT2D eigenvalue weighted by Gasteiger charge is 2.07. The van der Waals surface area contributed by atoms with Crippen molar-refractivity contribution in [2.24, 2.45) is 15.9 Å². The molecule has 3 nitrogen and oxygen atoms in total. The van der Waals surface area contributed by atoms with Crippen molar-refractivity contribution in [3.8, 4) is 0 Å². The highest BCUT2D eigenvalue weighted by atomic mass is 32.2. The zero-order chi connectivity index (χ0) is 12.1. The summed E-state index contributed by atoms with van der Waals surface area (Å²) in [4.78, 5) is 0. The van der Waals surface area contributed by atoms with Gasteiger partial charge in [-0.15, -0.1) is 0 Å². The van der Waals surface area contributed by atoms with Crippen LogP contribution in [0.5, 0.6) is 0 Å². The summed E-state index contributed by atoms with van der Waals surface area (Å²) in [6, 6.07) is 6.30. The molecule has 0 saturated carbocycles. The lowest BCUT2D eigenvalue weighted by atomic mass is 9.99. The number of nitrogens with two attached hydrogens (primary N) is 2. The maximum absolute atomic E-state index is 5.91. The van der Waals surface area contributed by atoms with Gasteiger partial charge in [-0.05, 0) is 49.4 Å². The van der Waals surface area contributed by atoms with Crippen LogP contribution < -0.4 is 11.5 Å². The molecular formula is C12H19N3S. The molecule has 0 saturated heterocycles. The standard InChI is InChI=1S/C12H19N3S/c1-8-11(7-16-15-10(3)14)5-4-6-12(8)9(2)13/h4-6,9H,7,13H2,1-3H3,(H2,14,15). The summed E-state index contributed by atoms with van der Waals surface area (Å²) in [5, 5.41) is 0. The first kappa shape index (κ1) is 13.1. The Bertz CT molecular complexity index is 382. The summed E-state index contributed by atoms with van der Waals surface area (Å²) in [6.45, 7) is 5.90. The smallest absolute Gasteiger partial charge is 0.104 e. The second-order valence-electron chi connectivity index (χ2n) is 3.93. The lowest BCUT2D eigenvalue weighted by Gasteiger charge is -2.13. The third-order valence-electron chi connectivity index (χ3n) is 2.41.